The average Bonchev–Trinajstić information content (AvgIpc) is 3.43. The molecule has 2 aromatic rings. The van der Waals surface area contributed by atoms with Crippen molar-refractivity contribution in [3.63, 3.8) is 0 Å². The maximum atomic E-state index is 13.9. The molecular weight excluding hydrogens is 369 g/mol. The van der Waals surface area contributed by atoms with E-state index in [1.54, 1.807) is 23.1 Å². The van der Waals surface area contributed by atoms with Crippen molar-refractivity contribution in [3.05, 3.63) is 65.5 Å². The third kappa shape index (κ3) is 3.21. The first-order valence-electron chi connectivity index (χ1n) is 10.3. The fourth-order valence-corrected chi connectivity index (χ4v) is 5.14. The first-order chi connectivity index (χ1) is 14.1. The van der Waals surface area contributed by atoms with Gasteiger partial charge in [-0.3, -0.25) is 9.59 Å². The summed E-state index contributed by atoms with van der Waals surface area (Å²) < 4.78 is 13.9. The molecule has 0 saturated carbocycles. The summed E-state index contributed by atoms with van der Waals surface area (Å²) in [6.45, 7) is 3.06. The minimum absolute atomic E-state index is 0.0536. The van der Waals surface area contributed by atoms with Crippen molar-refractivity contribution >= 4 is 17.5 Å². The predicted molar refractivity (Wildman–Crippen MR) is 108 cm³/mol. The molecule has 3 fully saturated rings. The monoisotopic (exact) mass is 393 g/mol. The van der Waals surface area contributed by atoms with Crippen LogP contribution >= 0.6 is 0 Å². The highest BCUT2D eigenvalue weighted by Crippen LogP contribution is 2.43. The number of nitrogens with one attached hydrogen (secondary N) is 1. The van der Waals surface area contributed by atoms with Gasteiger partial charge < -0.3 is 15.1 Å². The van der Waals surface area contributed by atoms with Crippen molar-refractivity contribution in [2.24, 2.45) is 11.8 Å². The number of halogens is 1. The SMILES string of the molecule is O=C1CCCN1c1cccc(C(=O)N2C[C@@H]3CNC[C@@H]3[C@H]2c2cccc(F)c2)c1. The largest absolute Gasteiger partial charge is 0.331 e. The van der Waals surface area contributed by atoms with Gasteiger partial charge in [-0.15, -0.1) is 0 Å². The Labute approximate surface area is 169 Å². The van der Waals surface area contributed by atoms with Gasteiger partial charge in [-0.25, -0.2) is 4.39 Å². The van der Waals surface area contributed by atoms with E-state index in [0.29, 0.717) is 31.0 Å². The van der Waals surface area contributed by atoms with Gasteiger partial charge in [0, 0.05) is 49.8 Å². The number of nitrogens with zero attached hydrogens (tertiary/aromatic N) is 2. The topological polar surface area (TPSA) is 52.7 Å². The Morgan fingerprint density at radius 2 is 1.97 bits per heavy atom. The lowest BCUT2D eigenvalue weighted by molar-refractivity contribution is -0.117. The molecule has 2 aromatic carbocycles. The Balaban J connectivity index is 1.47. The van der Waals surface area contributed by atoms with E-state index in [1.165, 1.54) is 6.07 Å². The molecule has 1 N–H and O–H groups in total. The number of anilines is 1. The molecule has 3 aliphatic rings. The second-order valence-electron chi connectivity index (χ2n) is 8.24. The molecule has 3 atom stereocenters. The zero-order valence-electron chi connectivity index (χ0n) is 16.2. The van der Waals surface area contributed by atoms with Gasteiger partial charge in [0.15, 0.2) is 0 Å². The molecule has 2 amide bonds. The van der Waals surface area contributed by atoms with Gasteiger partial charge in [0.25, 0.3) is 5.91 Å². The number of hydrogen-bond donors (Lipinski definition) is 1. The second kappa shape index (κ2) is 7.26. The van der Waals surface area contributed by atoms with Gasteiger partial charge in [-0.05, 0) is 48.2 Å². The van der Waals surface area contributed by atoms with Gasteiger partial charge >= 0.3 is 0 Å². The van der Waals surface area contributed by atoms with E-state index in [4.69, 9.17) is 0 Å². The number of fused-ring (bicyclic) bond motifs is 1. The van der Waals surface area contributed by atoms with E-state index >= 15 is 0 Å². The Morgan fingerprint density at radius 3 is 2.76 bits per heavy atom. The van der Waals surface area contributed by atoms with E-state index in [1.807, 2.05) is 29.2 Å². The molecule has 3 heterocycles. The lowest BCUT2D eigenvalue weighted by Gasteiger charge is -2.29. The first kappa shape index (κ1) is 18.3. The molecule has 6 heteroatoms. The van der Waals surface area contributed by atoms with Crippen molar-refractivity contribution in [3.8, 4) is 0 Å². The van der Waals surface area contributed by atoms with Crippen LogP contribution in [0.15, 0.2) is 48.5 Å². The number of amides is 2. The summed E-state index contributed by atoms with van der Waals surface area (Å²) in [5, 5.41) is 3.41. The van der Waals surface area contributed by atoms with Crippen LogP contribution in [0.1, 0.15) is 34.8 Å². The number of likely N-dealkylation sites (tertiary alicyclic amines) is 1. The zero-order valence-corrected chi connectivity index (χ0v) is 16.2. The molecule has 0 bridgehead atoms. The fourth-order valence-electron chi connectivity index (χ4n) is 5.14. The fraction of sp³-hybridized carbons (Fsp3) is 0.391. The van der Waals surface area contributed by atoms with Gasteiger partial charge in [0.2, 0.25) is 5.91 Å². The highest BCUT2D eigenvalue weighted by molar-refractivity contribution is 5.99. The number of carbonyl (C=O) groups excluding carboxylic acids is 2. The summed E-state index contributed by atoms with van der Waals surface area (Å²) in [5.41, 5.74) is 2.21. The van der Waals surface area contributed by atoms with E-state index in [0.717, 1.165) is 30.8 Å². The molecule has 0 spiro atoms. The van der Waals surface area contributed by atoms with Crippen LogP contribution in [0.25, 0.3) is 0 Å². The van der Waals surface area contributed by atoms with Crippen LogP contribution in [0.5, 0.6) is 0 Å². The van der Waals surface area contributed by atoms with E-state index in [-0.39, 0.29) is 29.6 Å². The predicted octanol–water partition coefficient (Wildman–Crippen LogP) is 2.99. The van der Waals surface area contributed by atoms with Crippen molar-refractivity contribution in [2.75, 3.05) is 31.1 Å². The molecule has 3 aliphatic heterocycles. The van der Waals surface area contributed by atoms with Crippen molar-refractivity contribution in [1.29, 1.82) is 0 Å². The molecule has 5 rings (SSSR count). The molecule has 3 saturated heterocycles. The van der Waals surface area contributed by atoms with E-state index < -0.39 is 0 Å². The Kier molecular flexibility index (Phi) is 4.59. The highest BCUT2D eigenvalue weighted by Gasteiger charge is 2.47. The minimum atomic E-state index is -0.279. The van der Waals surface area contributed by atoms with Crippen LogP contribution in [0.3, 0.4) is 0 Å². The molecule has 150 valence electrons. The summed E-state index contributed by atoms with van der Waals surface area (Å²) in [5.74, 6) is 0.426. The number of benzene rings is 2. The lowest BCUT2D eigenvalue weighted by atomic mass is 9.89. The van der Waals surface area contributed by atoms with E-state index in [2.05, 4.69) is 5.32 Å². The molecule has 5 nitrogen and oxygen atoms in total. The standard InChI is InChI=1S/C23H24FN3O2/c24-18-6-1-4-15(10-18)22-20-13-25-12-17(20)14-27(22)23(29)16-5-2-7-19(11-16)26-9-3-8-21(26)28/h1-2,4-7,10-11,17,20,22,25H,3,8-9,12-14H2/t17-,20-,22+/m0/s1. The van der Waals surface area contributed by atoms with Crippen LogP contribution < -0.4 is 10.2 Å². The molecule has 0 aliphatic carbocycles. The maximum Gasteiger partial charge on any atom is 0.254 e. The first-order valence-corrected chi connectivity index (χ1v) is 10.3. The minimum Gasteiger partial charge on any atom is -0.331 e. The number of rotatable bonds is 3. The number of hydrogen-bond acceptors (Lipinski definition) is 3. The lowest BCUT2D eigenvalue weighted by Crippen LogP contribution is -2.35. The Bertz CT molecular complexity index is 963. The summed E-state index contributed by atoms with van der Waals surface area (Å²) in [6, 6.07) is 13.8. The van der Waals surface area contributed by atoms with Crippen LogP contribution in [0.4, 0.5) is 10.1 Å². The van der Waals surface area contributed by atoms with Crippen molar-refractivity contribution in [1.82, 2.24) is 10.2 Å². The van der Waals surface area contributed by atoms with Gasteiger partial charge in [0.1, 0.15) is 5.82 Å². The van der Waals surface area contributed by atoms with Gasteiger partial charge in [0.05, 0.1) is 6.04 Å². The smallest absolute Gasteiger partial charge is 0.254 e. The second-order valence-corrected chi connectivity index (χ2v) is 8.24. The summed E-state index contributed by atoms with van der Waals surface area (Å²) in [4.78, 5) is 29.3. The van der Waals surface area contributed by atoms with Gasteiger partial charge in [-0.2, -0.15) is 0 Å². The van der Waals surface area contributed by atoms with Crippen molar-refractivity contribution < 1.29 is 14.0 Å². The van der Waals surface area contributed by atoms with E-state index in [9.17, 15) is 14.0 Å². The summed E-state index contributed by atoms with van der Waals surface area (Å²) in [7, 11) is 0. The van der Waals surface area contributed by atoms with Crippen LogP contribution in [0.2, 0.25) is 0 Å². The molecular formula is C23H24FN3O2. The zero-order chi connectivity index (χ0) is 20.0. The van der Waals surface area contributed by atoms with Crippen LogP contribution in [-0.4, -0.2) is 42.9 Å². The maximum absolute atomic E-state index is 13.9. The Morgan fingerprint density at radius 1 is 1.10 bits per heavy atom. The molecule has 0 aromatic heterocycles. The van der Waals surface area contributed by atoms with Gasteiger partial charge in [-0.1, -0.05) is 18.2 Å². The number of carbonyl (C=O) groups is 2. The van der Waals surface area contributed by atoms with Crippen molar-refractivity contribution in [2.45, 2.75) is 18.9 Å². The van der Waals surface area contributed by atoms with Crippen LogP contribution in [0, 0.1) is 17.7 Å². The normalized spacial score (nSPS) is 26.2. The molecule has 0 unspecified atom stereocenters. The average molecular weight is 393 g/mol. The quantitative estimate of drug-likeness (QED) is 0.872. The molecule has 0 radical (unpaired) electrons. The third-order valence-corrected chi connectivity index (χ3v) is 6.49. The Hall–Kier alpha value is -2.73. The third-order valence-electron chi connectivity index (χ3n) is 6.49. The van der Waals surface area contributed by atoms with Crippen LogP contribution in [-0.2, 0) is 4.79 Å². The summed E-state index contributed by atoms with van der Waals surface area (Å²) >= 11 is 0. The summed E-state index contributed by atoms with van der Waals surface area (Å²) in [6.07, 6.45) is 1.41. The highest BCUT2D eigenvalue weighted by atomic mass is 19.1. The molecule has 29 heavy (non-hydrogen) atoms.